The van der Waals surface area contributed by atoms with Gasteiger partial charge in [0, 0.05) is 36.3 Å². The van der Waals surface area contributed by atoms with Crippen molar-refractivity contribution in [2.24, 2.45) is 0 Å². The molecule has 1 aromatic carbocycles. The largest absolute Gasteiger partial charge is 0.337 e. The van der Waals surface area contributed by atoms with Crippen LogP contribution in [0, 0.1) is 13.8 Å². The smallest absolute Gasteiger partial charge is 0.333 e. The maximum absolute atomic E-state index is 12.4. The summed E-state index contributed by atoms with van der Waals surface area (Å²) in [5.41, 5.74) is 8.13. The van der Waals surface area contributed by atoms with Crippen molar-refractivity contribution in [1.29, 1.82) is 0 Å². The van der Waals surface area contributed by atoms with E-state index in [1.807, 2.05) is 43.0 Å². The van der Waals surface area contributed by atoms with Crippen molar-refractivity contribution in [3.8, 4) is 0 Å². The summed E-state index contributed by atoms with van der Waals surface area (Å²) in [5.74, 6) is 0.834. The molecular weight excluding hydrogens is 356 g/mol. The Balaban J connectivity index is 1.27. The van der Waals surface area contributed by atoms with E-state index in [-0.39, 0.29) is 18.0 Å². The van der Waals surface area contributed by atoms with Crippen molar-refractivity contribution in [1.82, 2.24) is 25.6 Å². The highest BCUT2D eigenvalue weighted by Gasteiger charge is 2.47. The summed E-state index contributed by atoms with van der Waals surface area (Å²) in [6.45, 7) is 4.26. The van der Waals surface area contributed by atoms with Gasteiger partial charge in [-0.05, 0) is 31.9 Å². The Morgan fingerprint density at radius 1 is 1.14 bits per heavy atom. The quantitative estimate of drug-likeness (QED) is 0.688. The predicted molar refractivity (Wildman–Crippen MR) is 105 cm³/mol. The number of nitrogens with one attached hydrogen (secondary N) is 3. The van der Waals surface area contributed by atoms with E-state index in [1.54, 1.807) is 0 Å². The molecule has 0 spiro atoms. The van der Waals surface area contributed by atoms with E-state index < -0.39 is 6.03 Å². The van der Waals surface area contributed by atoms with E-state index in [0.717, 1.165) is 17.8 Å². The average Bonchev–Trinajstić information content (AvgIpc) is 3.37. The van der Waals surface area contributed by atoms with E-state index in [1.165, 1.54) is 5.56 Å². The van der Waals surface area contributed by atoms with Gasteiger partial charge in [-0.2, -0.15) is 0 Å². The second-order valence-electron chi connectivity index (χ2n) is 7.47. The third-order valence-electron chi connectivity index (χ3n) is 5.15. The number of urea groups is 1. The summed E-state index contributed by atoms with van der Waals surface area (Å²) >= 11 is 0. The molecule has 3 amide bonds. The first-order valence-corrected chi connectivity index (χ1v) is 9.49. The van der Waals surface area contributed by atoms with Gasteiger partial charge in [-0.1, -0.05) is 30.3 Å². The molecule has 2 fully saturated rings. The molecule has 1 saturated carbocycles. The summed E-state index contributed by atoms with van der Waals surface area (Å²) in [6.07, 6.45) is 1.31. The van der Waals surface area contributed by atoms with Crippen molar-refractivity contribution >= 4 is 17.9 Å². The Labute approximate surface area is 163 Å². The fourth-order valence-electron chi connectivity index (χ4n) is 3.85. The molecule has 2 aliphatic rings. The number of rotatable bonds is 5. The molecule has 28 heavy (non-hydrogen) atoms. The van der Waals surface area contributed by atoms with Crippen molar-refractivity contribution in [2.45, 2.75) is 44.7 Å². The monoisotopic (exact) mass is 380 g/mol. The Bertz CT molecular complexity index is 867. The lowest BCUT2D eigenvalue weighted by Crippen LogP contribution is -2.45. The molecule has 2 heterocycles. The third-order valence-corrected chi connectivity index (χ3v) is 5.15. The molecule has 0 radical (unpaired) electrons. The van der Waals surface area contributed by atoms with Gasteiger partial charge in [0.25, 0.3) is 0 Å². The minimum absolute atomic E-state index is 0.0966. The van der Waals surface area contributed by atoms with Crippen molar-refractivity contribution in [3.63, 3.8) is 0 Å². The van der Waals surface area contributed by atoms with Gasteiger partial charge >= 0.3 is 6.03 Å². The predicted octanol–water partition coefficient (Wildman–Crippen LogP) is 1.88. The summed E-state index contributed by atoms with van der Waals surface area (Å²) in [6, 6.07) is 11.7. The van der Waals surface area contributed by atoms with Crippen LogP contribution in [0.15, 0.2) is 36.4 Å². The van der Waals surface area contributed by atoms with E-state index in [9.17, 15) is 9.59 Å². The van der Waals surface area contributed by atoms with Crippen LogP contribution < -0.4 is 16.2 Å². The summed E-state index contributed by atoms with van der Waals surface area (Å²) in [4.78, 5) is 34.9. The molecule has 2 aromatic rings. The SMILES string of the molecule is Cc1cc(C)nc(NNC(=O)NC2CC(=O)N(C3CC3c3ccccc3)C2)n1. The first-order valence-electron chi connectivity index (χ1n) is 9.49. The van der Waals surface area contributed by atoms with Gasteiger partial charge in [-0.25, -0.2) is 20.2 Å². The lowest BCUT2D eigenvalue weighted by atomic mass is 10.1. The maximum Gasteiger partial charge on any atom is 0.333 e. The first-order chi connectivity index (χ1) is 13.5. The third kappa shape index (κ3) is 4.05. The van der Waals surface area contributed by atoms with Crippen molar-refractivity contribution < 1.29 is 9.59 Å². The molecule has 1 aliphatic heterocycles. The molecule has 146 valence electrons. The van der Waals surface area contributed by atoms with Crippen LogP contribution >= 0.6 is 0 Å². The van der Waals surface area contributed by atoms with E-state index >= 15 is 0 Å². The highest BCUT2D eigenvalue weighted by Crippen LogP contribution is 2.45. The maximum atomic E-state index is 12.4. The normalized spacial score (nSPS) is 23.4. The van der Waals surface area contributed by atoms with Crippen LogP contribution in [-0.4, -0.2) is 45.4 Å². The van der Waals surface area contributed by atoms with Crippen LogP contribution in [0.3, 0.4) is 0 Å². The molecule has 1 aliphatic carbocycles. The van der Waals surface area contributed by atoms with Crippen LogP contribution in [-0.2, 0) is 4.79 Å². The van der Waals surface area contributed by atoms with Crippen LogP contribution in [0.2, 0.25) is 0 Å². The Hall–Kier alpha value is -3.16. The number of hydrogen-bond acceptors (Lipinski definition) is 5. The van der Waals surface area contributed by atoms with Gasteiger partial charge in [0.1, 0.15) is 0 Å². The average molecular weight is 380 g/mol. The topological polar surface area (TPSA) is 99.2 Å². The Morgan fingerprint density at radius 3 is 2.57 bits per heavy atom. The number of benzene rings is 1. The van der Waals surface area contributed by atoms with Crippen LogP contribution in [0.1, 0.15) is 35.7 Å². The van der Waals surface area contributed by atoms with Crippen molar-refractivity contribution in [3.05, 3.63) is 53.3 Å². The number of hydrogen-bond donors (Lipinski definition) is 3. The second kappa shape index (κ2) is 7.46. The number of likely N-dealkylation sites (tertiary alicyclic amines) is 1. The molecule has 8 nitrogen and oxygen atoms in total. The van der Waals surface area contributed by atoms with E-state index in [4.69, 9.17) is 0 Å². The highest BCUT2D eigenvalue weighted by atomic mass is 16.2. The van der Waals surface area contributed by atoms with Gasteiger partial charge in [-0.3, -0.25) is 10.2 Å². The van der Waals surface area contributed by atoms with E-state index in [0.29, 0.717) is 24.8 Å². The fourth-order valence-corrected chi connectivity index (χ4v) is 3.85. The summed E-state index contributed by atoms with van der Waals surface area (Å²) < 4.78 is 0. The summed E-state index contributed by atoms with van der Waals surface area (Å²) in [5, 5.41) is 2.85. The molecular formula is C20H24N6O2. The number of aryl methyl sites for hydroxylation is 2. The number of hydrazine groups is 1. The van der Waals surface area contributed by atoms with Crippen LogP contribution in [0.25, 0.3) is 0 Å². The molecule has 3 atom stereocenters. The highest BCUT2D eigenvalue weighted by molar-refractivity contribution is 5.82. The number of carbonyl (C=O) groups is 2. The number of nitrogens with zero attached hydrogens (tertiary/aromatic N) is 3. The Morgan fingerprint density at radius 2 is 1.86 bits per heavy atom. The van der Waals surface area contributed by atoms with Crippen molar-refractivity contribution in [2.75, 3.05) is 12.0 Å². The summed E-state index contributed by atoms with van der Waals surface area (Å²) in [7, 11) is 0. The molecule has 8 heteroatoms. The van der Waals surface area contributed by atoms with Crippen LogP contribution in [0.5, 0.6) is 0 Å². The van der Waals surface area contributed by atoms with Gasteiger partial charge in [-0.15, -0.1) is 0 Å². The minimum atomic E-state index is -0.405. The van der Waals surface area contributed by atoms with Gasteiger partial charge in [0.05, 0.1) is 6.04 Å². The molecule has 4 rings (SSSR count). The van der Waals surface area contributed by atoms with Gasteiger partial charge < -0.3 is 10.2 Å². The minimum Gasteiger partial charge on any atom is -0.337 e. The second-order valence-corrected chi connectivity index (χ2v) is 7.47. The zero-order chi connectivity index (χ0) is 19.7. The van der Waals surface area contributed by atoms with Gasteiger partial charge in [0.15, 0.2) is 0 Å². The molecule has 3 unspecified atom stereocenters. The molecule has 1 aromatic heterocycles. The van der Waals surface area contributed by atoms with E-state index in [2.05, 4.69) is 38.3 Å². The molecule has 3 N–H and O–H groups in total. The lowest BCUT2D eigenvalue weighted by molar-refractivity contribution is -0.128. The fraction of sp³-hybridized carbons (Fsp3) is 0.400. The van der Waals surface area contributed by atoms with Crippen LogP contribution in [0.4, 0.5) is 10.7 Å². The first kappa shape index (κ1) is 18.2. The van der Waals surface area contributed by atoms with Gasteiger partial charge in [0.2, 0.25) is 11.9 Å². The lowest BCUT2D eigenvalue weighted by Gasteiger charge is -2.18. The number of aromatic nitrogens is 2. The molecule has 0 bridgehead atoms. The standard InChI is InChI=1S/C20H24N6O2/c1-12-8-13(2)22-19(21-12)24-25-20(28)23-15-9-18(27)26(11-15)17-10-16(17)14-6-4-3-5-7-14/h3-8,15-17H,9-11H2,1-2H3,(H,21,22,24)(H2,23,25,28). The number of carbonyl (C=O) groups excluding carboxylic acids is 2. The number of amides is 3. The molecule has 1 saturated heterocycles. The zero-order valence-corrected chi connectivity index (χ0v) is 16.0. The number of anilines is 1. The zero-order valence-electron chi connectivity index (χ0n) is 16.0. The Kier molecular flexibility index (Phi) is 4.85.